The molecule has 1 heterocycles. The minimum atomic E-state index is 0.822. The van der Waals surface area contributed by atoms with Gasteiger partial charge < -0.3 is 16.0 Å². The van der Waals surface area contributed by atoms with Crippen molar-refractivity contribution >= 4 is 11.4 Å². The first-order valence-electron chi connectivity index (χ1n) is 6.16. The Kier molecular flexibility index (Phi) is 4.05. The maximum Gasteiger partial charge on any atom is 0.0341 e. The maximum absolute atomic E-state index is 5.63. The molecule has 1 saturated heterocycles. The van der Waals surface area contributed by atoms with Gasteiger partial charge in [0.15, 0.2) is 0 Å². The quantitative estimate of drug-likeness (QED) is 0.589. The monoisotopic (exact) mass is 219 g/mol. The zero-order valence-electron chi connectivity index (χ0n) is 9.78. The van der Waals surface area contributed by atoms with E-state index in [0.717, 1.165) is 17.9 Å². The maximum atomic E-state index is 5.63. The largest absolute Gasteiger partial charge is 0.399 e. The van der Waals surface area contributed by atoms with Crippen LogP contribution in [0.15, 0.2) is 24.3 Å². The summed E-state index contributed by atoms with van der Waals surface area (Å²) in [5, 5.41) is 3.41. The third kappa shape index (κ3) is 3.42. The minimum absolute atomic E-state index is 0.822. The summed E-state index contributed by atoms with van der Waals surface area (Å²) in [7, 11) is 0. The Morgan fingerprint density at radius 3 is 2.50 bits per heavy atom. The van der Waals surface area contributed by atoms with Gasteiger partial charge in [-0.05, 0) is 63.2 Å². The SMILES string of the molecule is Nc1ccc(NCCCN2CCCC2)cc1. The Labute approximate surface area is 97.6 Å². The average molecular weight is 219 g/mol. The molecule has 0 aromatic heterocycles. The van der Waals surface area contributed by atoms with Gasteiger partial charge in [-0.1, -0.05) is 0 Å². The summed E-state index contributed by atoms with van der Waals surface area (Å²) in [6, 6.07) is 7.93. The van der Waals surface area contributed by atoms with Crippen molar-refractivity contribution in [1.82, 2.24) is 4.90 Å². The highest BCUT2D eigenvalue weighted by molar-refractivity contribution is 5.51. The highest BCUT2D eigenvalue weighted by Gasteiger charge is 2.09. The number of nitrogens with zero attached hydrogens (tertiary/aromatic N) is 1. The zero-order chi connectivity index (χ0) is 11.2. The summed E-state index contributed by atoms with van der Waals surface area (Å²) < 4.78 is 0. The van der Waals surface area contributed by atoms with Gasteiger partial charge in [-0.2, -0.15) is 0 Å². The van der Waals surface area contributed by atoms with Crippen LogP contribution < -0.4 is 11.1 Å². The fraction of sp³-hybridized carbons (Fsp3) is 0.538. The van der Waals surface area contributed by atoms with E-state index in [1.54, 1.807) is 0 Å². The topological polar surface area (TPSA) is 41.3 Å². The van der Waals surface area contributed by atoms with Crippen molar-refractivity contribution in [3.05, 3.63) is 24.3 Å². The van der Waals surface area contributed by atoms with Gasteiger partial charge in [0.05, 0.1) is 0 Å². The van der Waals surface area contributed by atoms with E-state index in [9.17, 15) is 0 Å². The van der Waals surface area contributed by atoms with Gasteiger partial charge in [0, 0.05) is 17.9 Å². The van der Waals surface area contributed by atoms with E-state index in [2.05, 4.69) is 10.2 Å². The van der Waals surface area contributed by atoms with Gasteiger partial charge in [-0.3, -0.25) is 0 Å². The van der Waals surface area contributed by atoms with Crippen LogP contribution in [0.5, 0.6) is 0 Å². The van der Waals surface area contributed by atoms with Gasteiger partial charge in [-0.25, -0.2) is 0 Å². The summed E-state index contributed by atoms with van der Waals surface area (Å²) in [6.07, 6.45) is 3.97. The van der Waals surface area contributed by atoms with Crippen LogP contribution in [-0.4, -0.2) is 31.1 Å². The molecule has 0 saturated carbocycles. The summed E-state index contributed by atoms with van der Waals surface area (Å²) in [5.41, 5.74) is 7.61. The summed E-state index contributed by atoms with van der Waals surface area (Å²) in [6.45, 7) is 4.85. The third-order valence-corrected chi connectivity index (χ3v) is 3.09. The van der Waals surface area contributed by atoms with E-state index < -0.39 is 0 Å². The molecule has 1 fully saturated rings. The van der Waals surface area contributed by atoms with E-state index in [0.29, 0.717) is 0 Å². The number of hydrogen-bond acceptors (Lipinski definition) is 3. The Hall–Kier alpha value is -1.22. The van der Waals surface area contributed by atoms with Crippen LogP contribution in [0.1, 0.15) is 19.3 Å². The van der Waals surface area contributed by atoms with Crippen molar-refractivity contribution in [2.24, 2.45) is 0 Å². The first-order valence-corrected chi connectivity index (χ1v) is 6.16. The molecule has 0 unspecified atom stereocenters. The third-order valence-electron chi connectivity index (χ3n) is 3.09. The van der Waals surface area contributed by atoms with Crippen molar-refractivity contribution in [3.8, 4) is 0 Å². The van der Waals surface area contributed by atoms with Gasteiger partial charge in [0.1, 0.15) is 0 Å². The lowest BCUT2D eigenvalue weighted by atomic mass is 10.3. The predicted octanol–water partition coefficient (Wildman–Crippen LogP) is 2.17. The van der Waals surface area contributed by atoms with Crippen LogP contribution in [-0.2, 0) is 0 Å². The Morgan fingerprint density at radius 2 is 1.81 bits per heavy atom. The van der Waals surface area contributed by atoms with Crippen molar-refractivity contribution < 1.29 is 0 Å². The first kappa shape index (κ1) is 11.3. The smallest absolute Gasteiger partial charge is 0.0341 e. The molecule has 1 aromatic rings. The second kappa shape index (κ2) is 5.75. The lowest BCUT2D eigenvalue weighted by molar-refractivity contribution is 0.337. The van der Waals surface area contributed by atoms with Crippen molar-refractivity contribution in [1.29, 1.82) is 0 Å². The number of nitrogen functional groups attached to an aromatic ring is 1. The molecule has 0 bridgehead atoms. The zero-order valence-corrected chi connectivity index (χ0v) is 9.78. The Balaban J connectivity index is 1.62. The van der Waals surface area contributed by atoms with Crippen LogP contribution >= 0.6 is 0 Å². The average Bonchev–Trinajstić information content (AvgIpc) is 2.80. The van der Waals surface area contributed by atoms with Crippen LogP contribution in [0.25, 0.3) is 0 Å². The number of nitrogens with two attached hydrogens (primary N) is 1. The van der Waals surface area contributed by atoms with Crippen LogP contribution in [0, 0.1) is 0 Å². The Bertz CT molecular complexity index is 301. The molecule has 1 aromatic carbocycles. The summed E-state index contributed by atoms with van der Waals surface area (Å²) in [4.78, 5) is 2.55. The molecule has 1 aliphatic rings. The number of rotatable bonds is 5. The first-order chi connectivity index (χ1) is 7.84. The molecule has 3 N–H and O–H groups in total. The second-order valence-corrected chi connectivity index (χ2v) is 4.45. The molecule has 0 spiro atoms. The van der Waals surface area contributed by atoms with E-state index in [-0.39, 0.29) is 0 Å². The fourth-order valence-electron chi connectivity index (χ4n) is 2.14. The normalized spacial score (nSPS) is 16.5. The molecule has 0 aliphatic carbocycles. The minimum Gasteiger partial charge on any atom is -0.399 e. The fourth-order valence-corrected chi connectivity index (χ4v) is 2.14. The van der Waals surface area contributed by atoms with Crippen LogP contribution in [0.2, 0.25) is 0 Å². The standard InChI is InChI=1S/C13H21N3/c14-12-4-6-13(7-5-12)15-8-3-11-16-9-1-2-10-16/h4-7,15H,1-3,8-11,14H2. The summed E-state index contributed by atoms with van der Waals surface area (Å²) in [5.74, 6) is 0. The number of anilines is 2. The van der Waals surface area contributed by atoms with E-state index >= 15 is 0 Å². The molecular formula is C13H21N3. The molecule has 2 rings (SSSR count). The molecule has 16 heavy (non-hydrogen) atoms. The highest BCUT2D eigenvalue weighted by atomic mass is 15.1. The number of hydrogen-bond donors (Lipinski definition) is 2. The van der Waals surface area contributed by atoms with Crippen LogP contribution in [0.3, 0.4) is 0 Å². The van der Waals surface area contributed by atoms with Crippen molar-refractivity contribution in [3.63, 3.8) is 0 Å². The van der Waals surface area contributed by atoms with Gasteiger partial charge in [-0.15, -0.1) is 0 Å². The second-order valence-electron chi connectivity index (χ2n) is 4.45. The van der Waals surface area contributed by atoms with Gasteiger partial charge in [0.2, 0.25) is 0 Å². The number of benzene rings is 1. The molecule has 3 heteroatoms. The lowest BCUT2D eigenvalue weighted by Gasteiger charge is -2.14. The molecule has 88 valence electrons. The van der Waals surface area contributed by atoms with E-state index in [1.807, 2.05) is 24.3 Å². The number of nitrogens with one attached hydrogen (secondary N) is 1. The van der Waals surface area contributed by atoms with Crippen molar-refractivity contribution in [2.75, 3.05) is 37.2 Å². The van der Waals surface area contributed by atoms with E-state index in [4.69, 9.17) is 5.73 Å². The molecular weight excluding hydrogens is 198 g/mol. The summed E-state index contributed by atoms with van der Waals surface area (Å²) >= 11 is 0. The lowest BCUT2D eigenvalue weighted by Crippen LogP contribution is -2.22. The number of likely N-dealkylation sites (tertiary alicyclic amines) is 1. The molecule has 0 radical (unpaired) electrons. The molecule has 0 amide bonds. The van der Waals surface area contributed by atoms with Crippen molar-refractivity contribution in [2.45, 2.75) is 19.3 Å². The van der Waals surface area contributed by atoms with E-state index in [1.165, 1.54) is 38.9 Å². The van der Waals surface area contributed by atoms with Gasteiger partial charge >= 0.3 is 0 Å². The molecule has 0 atom stereocenters. The molecule has 3 nitrogen and oxygen atoms in total. The predicted molar refractivity (Wildman–Crippen MR) is 69.6 cm³/mol. The van der Waals surface area contributed by atoms with Gasteiger partial charge in [0.25, 0.3) is 0 Å². The Morgan fingerprint density at radius 1 is 1.12 bits per heavy atom. The molecule has 1 aliphatic heterocycles. The van der Waals surface area contributed by atoms with Crippen LogP contribution in [0.4, 0.5) is 11.4 Å². The highest BCUT2D eigenvalue weighted by Crippen LogP contribution is 2.11.